The van der Waals surface area contributed by atoms with Crippen LogP contribution >= 0.6 is 11.9 Å². The van der Waals surface area contributed by atoms with E-state index < -0.39 is 5.92 Å². The normalized spacial score (nSPS) is 15.7. The zero-order chi connectivity index (χ0) is 22.4. The Balaban J connectivity index is 0.000000254. The van der Waals surface area contributed by atoms with Gasteiger partial charge in [0.05, 0.1) is 0 Å². The number of amides is 1. The predicted molar refractivity (Wildman–Crippen MR) is 119 cm³/mol. The Hall–Kier alpha value is -2.78. The summed E-state index contributed by atoms with van der Waals surface area (Å²) in [6, 6.07) is 11.0. The molecule has 1 N–H and O–H groups in total. The lowest BCUT2D eigenvalue weighted by molar-refractivity contribution is -0.0504. The number of likely N-dealkylation sites (tertiary alicyclic amines) is 1. The van der Waals surface area contributed by atoms with E-state index in [4.69, 9.17) is 0 Å². The summed E-state index contributed by atoms with van der Waals surface area (Å²) in [7, 11) is 1.87. The molecule has 6 nitrogen and oxygen atoms in total. The molecular weight excluding hydrogens is 422 g/mol. The van der Waals surface area contributed by atoms with E-state index in [1.54, 1.807) is 30.7 Å². The van der Waals surface area contributed by atoms with E-state index >= 15 is 0 Å². The number of carbonyl (C=O) groups is 2. The van der Waals surface area contributed by atoms with Crippen LogP contribution in [-0.2, 0) is 0 Å². The van der Waals surface area contributed by atoms with Gasteiger partial charge in [-0.25, -0.2) is 13.8 Å². The van der Waals surface area contributed by atoms with Gasteiger partial charge in [-0.15, -0.1) is 0 Å². The fourth-order valence-corrected chi connectivity index (χ4v) is 3.49. The van der Waals surface area contributed by atoms with Crippen LogP contribution in [0.1, 0.15) is 33.6 Å². The fourth-order valence-electron chi connectivity index (χ4n) is 3.18. The third kappa shape index (κ3) is 5.89. The van der Waals surface area contributed by atoms with Gasteiger partial charge in [-0.1, -0.05) is 11.9 Å². The zero-order valence-electron chi connectivity index (χ0n) is 17.3. The Bertz CT molecular complexity index is 1040. The fraction of sp³-hybridized carbons (Fsp3) is 0.318. The maximum absolute atomic E-state index is 12.4. The second-order valence-electron chi connectivity index (χ2n) is 7.33. The summed E-state index contributed by atoms with van der Waals surface area (Å²) in [6.45, 7) is 1.07. The second kappa shape index (κ2) is 10.0. The number of hydrogen-bond acceptors (Lipinski definition) is 5. The number of nitrogens with one attached hydrogen (secondary N) is 1. The first-order valence-electron chi connectivity index (χ1n) is 9.75. The Morgan fingerprint density at radius 3 is 2.45 bits per heavy atom. The summed E-state index contributed by atoms with van der Waals surface area (Å²) in [4.78, 5) is 28.8. The van der Waals surface area contributed by atoms with Gasteiger partial charge in [0.2, 0.25) is 0 Å². The zero-order valence-corrected chi connectivity index (χ0v) is 18.2. The van der Waals surface area contributed by atoms with Crippen LogP contribution in [0, 0.1) is 0 Å². The van der Waals surface area contributed by atoms with Crippen LogP contribution in [-0.4, -0.2) is 59.0 Å². The van der Waals surface area contributed by atoms with Crippen LogP contribution < -0.4 is 4.72 Å². The molecule has 3 aromatic rings. The molecule has 0 aliphatic carbocycles. The van der Waals surface area contributed by atoms with E-state index in [0.29, 0.717) is 24.2 Å². The Morgan fingerprint density at radius 2 is 1.87 bits per heavy atom. The van der Waals surface area contributed by atoms with Crippen molar-refractivity contribution in [3.8, 4) is 5.69 Å². The minimum Gasteiger partial charge on any atom is -0.306 e. The van der Waals surface area contributed by atoms with Gasteiger partial charge in [-0.2, -0.15) is 0 Å². The summed E-state index contributed by atoms with van der Waals surface area (Å²) in [5, 5.41) is 0.897. The molecule has 0 bridgehead atoms. The first-order chi connectivity index (χ1) is 14.8. The van der Waals surface area contributed by atoms with Gasteiger partial charge < -0.3 is 9.47 Å². The number of piperidine rings is 1. The van der Waals surface area contributed by atoms with E-state index in [2.05, 4.69) is 9.71 Å². The number of alkyl halides is 2. The number of aldehydes is 1. The molecule has 1 aliphatic heterocycles. The lowest BCUT2D eigenvalue weighted by Crippen LogP contribution is -2.36. The third-order valence-corrected chi connectivity index (χ3v) is 5.39. The van der Waals surface area contributed by atoms with Crippen molar-refractivity contribution in [2.75, 3.05) is 26.4 Å². The van der Waals surface area contributed by atoms with Gasteiger partial charge >= 0.3 is 0 Å². The molecule has 0 atom stereocenters. The number of pyridine rings is 1. The van der Waals surface area contributed by atoms with Gasteiger partial charge in [0.15, 0.2) is 6.29 Å². The summed E-state index contributed by atoms with van der Waals surface area (Å²) >= 11 is 1.27. The largest absolute Gasteiger partial charge is 0.306 e. The summed E-state index contributed by atoms with van der Waals surface area (Å²) in [5.41, 5.74) is 2.83. The quantitative estimate of drug-likeness (QED) is 0.481. The molecule has 0 radical (unpaired) electrons. The molecule has 1 aliphatic rings. The predicted octanol–water partition coefficient (Wildman–Crippen LogP) is 4.19. The van der Waals surface area contributed by atoms with E-state index in [9.17, 15) is 18.4 Å². The van der Waals surface area contributed by atoms with Crippen LogP contribution in [0.2, 0.25) is 0 Å². The van der Waals surface area contributed by atoms with Crippen molar-refractivity contribution in [3.05, 3.63) is 59.9 Å². The van der Waals surface area contributed by atoms with Crippen molar-refractivity contribution in [1.29, 1.82) is 0 Å². The van der Waals surface area contributed by atoms with Crippen molar-refractivity contribution < 1.29 is 18.4 Å². The van der Waals surface area contributed by atoms with Crippen molar-refractivity contribution >= 4 is 35.2 Å². The van der Waals surface area contributed by atoms with Gasteiger partial charge in [-0.3, -0.25) is 14.3 Å². The minimum atomic E-state index is -2.38. The molecule has 1 aromatic carbocycles. The van der Waals surface area contributed by atoms with E-state index in [-0.39, 0.29) is 18.7 Å². The van der Waals surface area contributed by atoms with Crippen LogP contribution in [0.25, 0.3) is 16.7 Å². The highest BCUT2D eigenvalue weighted by Crippen LogP contribution is 2.26. The number of rotatable bonds is 4. The SMILES string of the molecule is CN1CCC(F)(F)CC1.CSNC(=O)c1ccc(-n2ccc3cc(C=O)cnc32)cc1. The maximum atomic E-state index is 12.4. The van der Waals surface area contributed by atoms with Crippen LogP contribution in [0.5, 0.6) is 0 Å². The highest BCUT2D eigenvalue weighted by Gasteiger charge is 2.32. The Morgan fingerprint density at radius 1 is 1.19 bits per heavy atom. The van der Waals surface area contributed by atoms with Gasteiger partial charge in [0.25, 0.3) is 11.8 Å². The number of halogens is 2. The number of aromatic nitrogens is 2. The second-order valence-corrected chi connectivity index (χ2v) is 7.94. The average molecular weight is 447 g/mol. The smallest absolute Gasteiger partial charge is 0.261 e. The molecule has 1 fully saturated rings. The lowest BCUT2D eigenvalue weighted by atomic mass is 10.1. The average Bonchev–Trinajstić information content (AvgIpc) is 3.20. The summed E-state index contributed by atoms with van der Waals surface area (Å²) in [5.74, 6) is -2.50. The molecule has 164 valence electrons. The molecule has 1 amide bonds. The number of benzene rings is 1. The topological polar surface area (TPSA) is 67.2 Å². The highest BCUT2D eigenvalue weighted by molar-refractivity contribution is 7.97. The number of nitrogens with zero attached hydrogens (tertiary/aromatic N) is 3. The molecule has 31 heavy (non-hydrogen) atoms. The third-order valence-electron chi connectivity index (χ3n) is 5.00. The number of fused-ring (bicyclic) bond motifs is 1. The molecule has 0 saturated carbocycles. The first kappa shape index (κ1) is 22.9. The molecular formula is C22H24F2N4O2S. The van der Waals surface area contributed by atoms with Crippen molar-refractivity contribution in [2.45, 2.75) is 18.8 Å². The first-order valence-corrected chi connectivity index (χ1v) is 11.0. The molecule has 0 unspecified atom stereocenters. The van der Waals surface area contributed by atoms with Crippen molar-refractivity contribution in [2.24, 2.45) is 0 Å². The Kier molecular flexibility index (Phi) is 7.40. The number of hydrogen-bond donors (Lipinski definition) is 1. The van der Waals surface area contributed by atoms with E-state index in [1.165, 1.54) is 11.9 Å². The summed E-state index contributed by atoms with van der Waals surface area (Å²) in [6.07, 6.45) is 6.09. The van der Waals surface area contributed by atoms with Gasteiger partial charge in [0.1, 0.15) is 5.65 Å². The maximum Gasteiger partial charge on any atom is 0.261 e. The van der Waals surface area contributed by atoms with Gasteiger partial charge in [-0.05, 0) is 43.4 Å². The molecule has 4 rings (SSSR count). The van der Waals surface area contributed by atoms with Crippen molar-refractivity contribution in [3.63, 3.8) is 0 Å². The number of carbonyl (C=O) groups excluding carboxylic acids is 2. The highest BCUT2D eigenvalue weighted by atomic mass is 32.2. The van der Waals surface area contributed by atoms with Gasteiger partial charge in [0, 0.05) is 66.8 Å². The molecule has 3 heterocycles. The van der Waals surface area contributed by atoms with E-state index in [0.717, 1.165) is 23.0 Å². The summed E-state index contributed by atoms with van der Waals surface area (Å²) < 4.78 is 29.3. The lowest BCUT2D eigenvalue weighted by Gasteiger charge is -2.28. The monoisotopic (exact) mass is 446 g/mol. The van der Waals surface area contributed by atoms with Crippen LogP contribution in [0.3, 0.4) is 0 Å². The van der Waals surface area contributed by atoms with Crippen LogP contribution in [0.4, 0.5) is 8.78 Å². The van der Waals surface area contributed by atoms with Crippen molar-refractivity contribution in [1.82, 2.24) is 19.2 Å². The molecule has 2 aromatic heterocycles. The van der Waals surface area contributed by atoms with E-state index in [1.807, 2.05) is 40.9 Å². The van der Waals surface area contributed by atoms with Crippen LogP contribution in [0.15, 0.2) is 48.8 Å². The Labute approximate surface area is 183 Å². The molecule has 9 heteroatoms. The standard InChI is InChI=1S/C16H13N3O2S.C6H11F2N/c1-22-18-16(21)12-2-4-14(5-3-12)19-7-6-13-8-11(10-20)9-17-15(13)19;1-9-4-2-6(7,8)3-5-9/h2-10H,1H3,(H,18,21);2-5H2,1H3. The molecule has 1 saturated heterocycles. The molecule has 0 spiro atoms. The minimum absolute atomic E-state index is 0.0312.